The molecule has 2 rings (SSSR count). The molecule has 0 atom stereocenters. The van der Waals surface area contributed by atoms with E-state index < -0.39 is 17.6 Å². The zero-order valence-electron chi connectivity index (χ0n) is 14.4. The van der Waals surface area contributed by atoms with Gasteiger partial charge in [-0.2, -0.15) is 13.2 Å². The highest BCUT2D eigenvalue weighted by Gasteiger charge is 2.33. The number of hydrogen-bond donors (Lipinski definition) is 1. The van der Waals surface area contributed by atoms with Crippen LogP contribution in [0.2, 0.25) is 0 Å². The topological polar surface area (TPSA) is 49.4 Å². The van der Waals surface area contributed by atoms with E-state index in [2.05, 4.69) is 5.32 Å². The van der Waals surface area contributed by atoms with Crippen LogP contribution in [-0.4, -0.2) is 23.3 Å². The van der Waals surface area contributed by atoms with E-state index in [1.165, 1.54) is 30.0 Å². The van der Waals surface area contributed by atoms with Crippen molar-refractivity contribution in [3.63, 3.8) is 0 Å². The predicted molar refractivity (Wildman–Crippen MR) is 92.3 cm³/mol. The highest BCUT2D eigenvalue weighted by Crippen LogP contribution is 2.34. The summed E-state index contributed by atoms with van der Waals surface area (Å²) in [6.45, 7) is 3.06. The van der Waals surface area contributed by atoms with Gasteiger partial charge < -0.3 is 10.2 Å². The summed E-state index contributed by atoms with van der Waals surface area (Å²) in [5.74, 6) is -1.03. The molecular weight excluding hydrogens is 345 g/mol. The first kappa shape index (κ1) is 19.5. The fraction of sp³-hybridized carbons (Fsp3) is 0.263. The molecule has 0 unspecified atom stereocenters. The van der Waals surface area contributed by atoms with Crippen LogP contribution < -0.4 is 5.32 Å². The minimum atomic E-state index is -4.58. The molecule has 0 bridgehead atoms. The highest BCUT2D eigenvalue weighted by molar-refractivity contribution is 5.95. The second-order valence-corrected chi connectivity index (χ2v) is 5.89. The third-order valence-electron chi connectivity index (χ3n) is 3.91. The van der Waals surface area contributed by atoms with Crippen molar-refractivity contribution < 1.29 is 22.8 Å². The molecule has 0 saturated heterocycles. The Morgan fingerprint density at radius 3 is 2.27 bits per heavy atom. The maximum atomic E-state index is 13.0. The van der Waals surface area contributed by atoms with Crippen molar-refractivity contribution in [2.45, 2.75) is 26.6 Å². The molecule has 7 heteroatoms. The monoisotopic (exact) mass is 364 g/mol. The van der Waals surface area contributed by atoms with Gasteiger partial charge in [0.25, 0.3) is 0 Å². The lowest BCUT2D eigenvalue weighted by Crippen LogP contribution is -2.36. The number of carbonyl (C=O) groups excluding carboxylic acids is 2. The number of halogens is 3. The number of benzene rings is 2. The molecule has 0 aromatic heterocycles. The second-order valence-electron chi connectivity index (χ2n) is 5.89. The quantitative estimate of drug-likeness (QED) is 0.872. The maximum absolute atomic E-state index is 13.0. The average molecular weight is 364 g/mol. The van der Waals surface area contributed by atoms with Crippen molar-refractivity contribution >= 4 is 17.5 Å². The number of hydrogen-bond acceptors (Lipinski definition) is 2. The molecule has 2 aromatic rings. The molecule has 0 radical (unpaired) electrons. The molecule has 0 spiro atoms. The van der Waals surface area contributed by atoms with E-state index in [9.17, 15) is 22.8 Å². The van der Waals surface area contributed by atoms with Crippen molar-refractivity contribution in [2.75, 3.05) is 11.9 Å². The number of nitrogens with zero attached hydrogens (tertiary/aromatic N) is 1. The Balaban J connectivity index is 2.12. The van der Waals surface area contributed by atoms with Crippen LogP contribution in [0.4, 0.5) is 18.9 Å². The average Bonchev–Trinajstić information content (AvgIpc) is 2.55. The normalized spacial score (nSPS) is 11.1. The number of aryl methyl sites for hydroxylation is 1. The van der Waals surface area contributed by atoms with Crippen LogP contribution >= 0.6 is 0 Å². The van der Waals surface area contributed by atoms with Crippen LogP contribution in [0.25, 0.3) is 0 Å². The number of para-hydroxylation sites is 1. The molecule has 1 N–H and O–H groups in total. The number of alkyl halides is 3. The molecular formula is C19H19F3N2O2. The van der Waals surface area contributed by atoms with Gasteiger partial charge in [-0.25, -0.2) is 0 Å². The summed E-state index contributed by atoms with van der Waals surface area (Å²) in [5, 5.41) is 2.25. The first-order valence-electron chi connectivity index (χ1n) is 7.94. The van der Waals surface area contributed by atoms with Gasteiger partial charge in [0.1, 0.15) is 6.54 Å². The van der Waals surface area contributed by atoms with Gasteiger partial charge >= 0.3 is 6.18 Å². The molecule has 0 aliphatic rings. The molecule has 0 heterocycles. The van der Waals surface area contributed by atoms with Crippen LogP contribution in [0, 0.1) is 6.92 Å². The summed E-state index contributed by atoms with van der Waals surface area (Å²) in [7, 11) is 0. The van der Waals surface area contributed by atoms with E-state index in [0.717, 1.165) is 17.2 Å². The first-order valence-corrected chi connectivity index (χ1v) is 7.94. The smallest absolute Gasteiger partial charge is 0.329 e. The van der Waals surface area contributed by atoms with Gasteiger partial charge in [-0.15, -0.1) is 0 Å². The lowest BCUT2D eigenvalue weighted by Gasteiger charge is -2.22. The van der Waals surface area contributed by atoms with Crippen molar-refractivity contribution in [3.05, 3.63) is 65.2 Å². The van der Waals surface area contributed by atoms with Crippen molar-refractivity contribution in [3.8, 4) is 0 Å². The molecule has 0 saturated carbocycles. The highest BCUT2D eigenvalue weighted by atomic mass is 19.4. The molecule has 138 valence electrons. The van der Waals surface area contributed by atoms with Gasteiger partial charge in [-0.1, -0.05) is 36.4 Å². The predicted octanol–water partition coefficient (Wildman–Crippen LogP) is 4.00. The third kappa shape index (κ3) is 5.08. The maximum Gasteiger partial charge on any atom is 0.418 e. The van der Waals surface area contributed by atoms with Crippen molar-refractivity contribution in [1.29, 1.82) is 0 Å². The first-order chi connectivity index (χ1) is 12.2. The number of anilines is 1. The van der Waals surface area contributed by atoms with E-state index >= 15 is 0 Å². The zero-order chi connectivity index (χ0) is 19.3. The lowest BCUT2D eigenvalue weighted by molar-refractivity contribution is -0.137. The van der Waals surface area contributed by atoms with Gasteiger partial charge in [0.05, 0.1) is 11.3 Å². The van der Waals surface area contributed by atoms with Crippen LogP contribution in [0.15, 0.2) is 48.5 Å². The summed E-state index contributed by atoms with van der Waals surface area (Å²) >= 11 is 0. The fourth-order valence-corrected chi connectivity index (χ4v) is 2.47. The Morgan fingerprint density at radius 2 is 1.65 bits per heavy atom. The Morgan fingerprint density at radius 1 is 1.04 bits per heavy atom. The zero-order valence-corrected chi connectivity index (χ0v) is 14.4. The van der Waals surface area contributed by atoms with Gasteiger partial charge in [-0.3, -0.25) is 9.59 Å². The Kier molecular flexibility index (Phi) is 6.02. The molecule has 2 amide bonds. The Hall–Kier alpha value is -2.83. The van der Waals surface area contributed by atoms with E-state index in [0.29, 0.717) is 0 Å². The third-order valence-corrected chi connectivity index (χ3v) is 3.91. The van der Waals surface area contributed by atoms with Gasteiger partial charge in [0.15, 0.2) is 0 Å². The second kappa shape index (κ2) is 8.03. The van der Waals surface area contributed by atoms with Crippen molar-refractivity contribution in [1.82, 2.24) is 4.90 Å². The minimum absolute atomic E-state index is 0.205. The fourth-order valence-electron chi connectivity index (χ4n) is 2.47. The SMILES string of the molecule is CC(=O)N(CC(=O)Nc1ccccc1C(F)(F)F)Cc1ccccc1C. The summed E-state index contributed by atoms with van der Waals surface area (Å²) in [6.07, 6.45) is -4.58. The number of amides is 2. The molecule has 4 nitrogen and oxygen atoms in total. The lowest BCUT2D eigenvalue weighted by atomic mass is 10.1. The molecule has 0 fully saturated rings. The van der Waals surface area contributed by atoms with Gasteiger partial charge in [0.2, 0.25) is 11.8 Å². The molecule has 0 aliphatic heterocycles. The molecule has 26 heavy (non-hydrogen) atoms. The van der Waals surface area contributed by atoms with Crippen molar-refractivity contribution in [2.24, 2.45) is 0 Å². The largest absolute Gasteiger partial charge is 0.418 e. The Labute approximate surface area is 149 Å². The van der Waals surface area contributed by atoms with E-state index in [1.54, 1.807) is 0 Å². The van der Waals surface area contributed by atoms with Crippen LogP contribution in [-0.2, 0) is 22.3 Å². The standard InChI is InChI=1S/C19H19F3N2O2/c1-13-7-3-4-8-15(13)11-24(14(2)25)12-18(26)23-17-10-6-5-9-16(17)19(20,21)22/h3-10H,11-12H2,1-2H3,(H,23,26). The van der Waals surface area contributed by atoms with E-state index in [-0.39, 0.29) is 24.7 Å². The molecule has 0 aliphatic carbocycles. The Bertz CT molecular complexity index is 803. The molecule has 2 aromatic carbocycles. The van der Waals surface area contributed by atoms with Gasteiger partial charge in [-0.05, 0) is 30.2 Å². The van der Waals surface area contributed by atoms with E-state index in [4.69, 9.17) is 0 Å². The van der Waals surface area contributed by atoms with Gasteiger partial charge in [0, 0.05) is 13.5 Å². The summed E-state index contributed by atoms with van der Waals surface area (Å²) in [5.41, 5.74) is 0.568. The number of rotatable bonds is 5. The van der Waals surface area contributed by atoms with Crippen LogP contribution in [0.3, 0.4) is 0 Å². The summed E-state index contributed by atoms with van der Waals surface area (Å²) < 4.78 is 39.0. The van der Waals surface area contributed by atoms with Crippen LogP contribution in [0.5, 0.6) is 0 Å². The summed E-state index contributed by atoms with van der Waals surface area (Å²) in [4.78, 5) is 25.3. The van der Waals surface area contributed by atoms with Crippen LogP contribution in [0.1, 0.15) is 23.6 Å². The number of carbonyl (C=O) groups is 2. The van der Waals surface area contributed by atoms with E-state index in [1.807, 2.05) is 31.2 Å². The minimum Gasteiger partial charge on any atom is -0.329 e. The summed E-state index contributed by atoms with van der Waals surface area (Å²) in [6, 6.07) is 12.1. The number of nitrogens with one attached hydrogen (secondary N) is 1.